The lowest BCUT2D eigenvalue weighted by atomic mass is 9.59. The summed E-state index contributed by atoms with van der Waals surface area (Å²) in [4.78, 5) is 12.9. The van der Waals surface area contributed by atoms with Gasteiger partial charge in [0.05, 0.1) is 11.5 Å². The first-order valence-corrected chi connectivity index (χ1v) is 13.0. The quantitative estimate of drug-likeness (QED) is 0.238. The van der Waals surface area contributed by atoms with Crippen molar-refractivity contribution in [2.45, 2.75) is 90.1 Å². The maximum Gasteiger partial charge on any atom is 0.419 e. The normalized spacial score (nSPS) is 32.2. The number of ether oxygens (including phenoxy) is 1. The summed E-state index contributed by atoms with van der Waals surface area (Å²) in [7, 11) is 0. The molecule has 34 heavy (non-hydrogen) atoms. The second kappa shape index (κ2) is 10.5. The third-order valence-electron chi connectivity index (χ3n) is 8.81. The Morgan fingerprint density at radius 2 is 1.62 bits per heavy atom. The topological polar surface area (TPSA) is 26.3 Å². The van der Waals surface area contributed by atoms with E-state index in [0.717, 1.165) is 43.9 Å². The minimum atomic E-state index is -5.02. The smallest absolute Gasteiger partial charge is 0.419 e. The Balaban J connectivity index is 1.37. The van der Waals surface area contributed by atoms with E-state index in [4.69, 9.17) is 4.74 Å². The van der Waals surface area contributed by atoms with Crippen molar-refractivity contribution in [1.29, 1.82) is 0 Å². The molecule has 3 aliphatic rings. The highest BCUT2D eigenvalue weighted by Crippen LogP contribution is 2.50. The maximum absolute atomic E-state index is 14.2. The number of halogens is 5. The highest BCUT2D eigenvalue weighted by Gasteiger charge is 2.44. The van der Waals surface area contributed by atoms with Crippen molar-refractivity contribution in [2.75, 3.05) is 0 Å². The zero-order valence-electron chi connectivity index (χ0n) is 19.8. The van der Waals surface area contributed by atoms with E-state index in [9.17, 15) is 26.7 Å². The third kappa shape index (κ3) is 5.43. The predicted octanol–water partition coefficient (Wildman–Crippen LogP) is 8.33. The summed E-state index contributed by atoms with van der Waals surface area (Å²) in [5.41, 5.74) is -1.70. The van der Waals surface area contributed by atoms with E-state index in [1.54, 1.807) is 0 Å². The Kier molecular flexibility index (Phi) is 7.88. The second-order valence-corrected chi connectivity index (χ2v) is 10.8. The summed E-state index contributed by atoms with van der Waals surface area (Å²) in [6.45, 7) is 2.25. The van der Waals surface area contributed by atoms with Crippen LogP contribution in [0.3, 0.4) is 0 Å². The van der Waals surface area contributed by atoms with E-state index in [1.807, 2.05) is 0 Å². The molecule has 7 heteroatoms. The van der Waals surface area contributed by atoms with Gasteiger partial charge in [-0.3, -0.25) is 4.79 Å². The molecule has 3 saturated carbocycles. The molecule has 0 N–H and O–H groups in total. The van der Waals surface area contributed by atoms with E-state index >= 15 is 0 Å². The molecule has 4 rings (SSSR count). The molecule has 0 saturated heterocycles. The van der Waals surface area contributed by atoms with Gasteiger partial charge in [-0.05, 0) is 80.2 Å². The Labute approximate surface area is 198 Å². The first-order chi connectivity index (χ1) is 16.2. The van der Waals surface area contributed by atoms with E-state index in [0.29, 0.717) is 30.4 Å². The van der Waals surface area contributed by atoms with Gasteiger partial charge in [0.25, 0.3) is 0 Å². The van der Waals surface area contributed by atoms with Crippen molar-refractivity contribution in [1.82, 2.24) is 0 Å². The Morgan fingerprint density at radius 1 is 0.912 bits per heavy atom. The van der Waals surface area contributed by atoms with E-state index < -0.39 is 41.0 Å². The van der Waals surface area contributed by atoms with Crippen molar-refractivity contribution >= 4 is 5.97 Å². The molecule has 0 spiro atoms. The number of carbonyl (C=O) groups excluding carboxylic acids is 1. The Hall–Kier alpha value is -1.66. The van der Waals surface area contributed by atoms with E-state index in [2.05, 4.69) is 6.92 Å². The van der Waals surface area contributed by atoms with Gasteiger partial charge in [0.2, 0.25) is 5.82 Å². The van der Waals surface area contributed by atoms with Crippen LogP contribution in [0.1, 0.15) is 89.5 Å². The molecule has 4 atom stereocenters. The van der Waals surface area contributed by atoms with Crippen LogP contribution in [-0.4, -0.2) is 5.97 Å². The van der Waals surface area contributed by atoms with Crippen LogP contribution in [-0.2, 0) is 11.0 Å². The number of benzene rings is 1. The fraction of sp³-hybridized carbons (Fsp3) is 0.741. The van der Waals surface area contributed by atoms with Crippen molar-refractivity contribution in [3.8, 4) is 5.75 Å². The van der Waals surface area contributed by atoms with Gasteiger partial charge in [0, 0.05) is 0 Å². The molecule has 0 aliphatic heterocycles. The van der Waals surface area contributed by atoms with E-state index in [-0.39, 0.29) is 5.92 Å². The summed E-state index contributed by atoms with van der Waals surface area (Å²) in [5, 5.41) is 0. The fourth-order valence-electron chi connectivity index (χ4n) is 7.09. The lowest BCUT2D eigenvalue weighted by Gasteiger charge is -2.46. The molecular weight excluding hydrogens is 451 g/mol. The van der Waals surface area contributed by atoms with Crippen LogP contribution in [0.15, 0.2) is 12.1 Å². The molecule has 3 fully saturated rings. The lowest BCUT2D eigenvalue weighted by Crippen LogP contribution is -2.40. The standard InChI is InChI=1S/C27H35F5O2/c1-2-4-16-7-9-17(10-8-16)18-11-12-20-19(15-18)5-3-6-21(20)26(33)34-23-14-13-22(27(30,31)32)24(28)25(23)29/h13-14,16-21H,2-12,15H2,1H3. The van der Waals surface area contributed by atoms with Gasteiger partial charge in [-0.2, -0.15) is 17.6 Å². The summed E-state index contributed by atoms with van der Waals surface area (Å²) in [5.74, 6) is -2.71. The zero-order valence-corrected chi connectivity index (χ0v) is 19.8. The molecule has 4 unspecified atom stereocenters. The molecule has 0 bridgehead atoms. The minimum absolute atomic E-state index is 0.149. The first-order valence-electron chi connectivity index (χ1n) is 13.0. The molecule has 0 amide bonds. The molecule has 3 aliphatic carbocycles. The second-order valence-electron chi connectivity index (χ2n) is 10.8. The molecule has 0 aromatic heterocycles. The van der Waals surface area contributed by atoms with Crippen LogP contribution < -0.4 is 4.74 Å². The number of hydrogen-bond donors (Lipinski definition) is 0. The Bertz CT molecular complexity index is 859. The van der Waals surface area contributed by atoms with Crippen molar-refractivity contribution in [3.63, 3.8) is 0 Å². The van der Waals surface area contributed by atoms with Crippen molar-refractivity contribution < 1.29 is 31.5 Å². The number of hydrogen-bond acceptors (Lipinski definition) is 2. The maximum atomic E-state index is 14.2. The molecule has 0 heterocycles. The monoisotopic (exact) mass is 486 g/mol. The number of alkyl halides is 3. The average Bonchev–Trinajstić information content (AvgIpc) is 2.81. The lowest BCUT2D eigenvalue weighted by molar-refractivity contribution is -0.144. The van der Waals surface area contributed by atoms with Crippen LogP contribution in [0, 0.1) is 47.1 Å². The molecule has 190 valence electrons. The fourth-order valence-corrected chi connectivity index (χ4v) is 7.09. The SMILES string of the molecule is CCCC1CCC(C2CCC3C(CCCC3C(=O)Oc3ccc(C(F)(F)F)c(F)c3F)C2)CC1. The van der Waals surface area contributed by atoms with Crippen LogP contribution in [0.2, 0.25) is 0 Å². The summed E-state index contributed by atoms with van der Waals surface area (Å²) < 4.78 is 71.7. The molecule has 1 aromatic rings. The van der Waals surface area contributed by atoms with Crippen molar-refractivity contribution in [3.05, 3.63) is 29.3 Å². The van der Waals surface area contributed by atoms with Gasteiger partial charge in [-0.15, -0.1) is 0 Å². The number of rotatable bonds is 5. The Morgan fingerprint density at radius 3 is 2.29 bits per heavy atom. The number of fused-ring (bicyclic) bond motifs is 1. The minimum Gasteiger partial charge on any atom is -0.423 e. The van der Waals surface area contributed by atoms with Crippen LogP contribution in [0.4, 0.5) is 22.0 Å². The average molecular weight is 487 g/mol. The van der Waals surface area contributed by atoms with Gasteiger partial charge in [0.15, 0.2) is 11.6 Å². The van der Waals surface area contributed by atoms with Crippen LogP contribution >= 0.6 is 0 Å². The number of carbonyl (C=O) groups is 1. The van der Waals surface area contributed by atoms with Gasteiger partial charge >= 0.3 is 12.1 Å². The molecular formula is C27H35F5O2. The zero-order chi connectivity index (χ0) is 24.5. The van der Waals surface area contributed by atoms with E-state index in [1.165, 1.54) is 38.5 Å². The van der Waals surface area contributed by atoms with Gasteiger partial charge < -0.3 is 4.74 Å². The van der Waals surface area contributed by atoms with Crippen LogP contribution in [0.25, 0.3) is 0 Å². The summed E-state index contributed by atoms with van der Waals surface area (Å²) in [6.07, 6.45) is 8.51. The molecule has 1 aromatic carbocycles. The van der Waals surface area contributed by atoms with Gasteiger partial charge in [0.1, 0.15) is 0 Å². The highest BCUT2D eigenvalue weighted by molar-refractivity contribution is 5.75. The predicted molar refractivity (Wildman–Crippen MR) is 119 cm³/mol. The van der Waals surface area contributed by atoms with Crippen LogP contribution in [0.5, 0.6) is 5.75 Å². The summed E-state index contributed by atoms with van der Waals surface area (Å²) >= 11 is 0. The molecule has 0 radical (unpaired) electrons. The highest BCUT2D eigenvalue weighted by atomic mass is 19.4. The van der Waals surface area contributed by atoms with Crippen molar-refractivity contribution in [2.24, 2.45) is 35.5 Å². The van der Waals surface area contributed by atoms with Gasteiger partial charge in [-0.1, -0.05) is 45.4 Å². The molecule has 2 nitrogen and oxygen atoms in total. The number of esters is 1. The third-order valence-corrected chi connectivity index (χ3v) is 8.81. The first kappa shape index (κ1) is 25.4. The van der Waals surface area contributed by atoms with Gasteiger partial charge in [-0.25, -0.2) is 4.39 Å². The summed E-state index contributed by atoms with van der Waals surface area (Å²) in [6, 6.07) is 1.12. The largest absolute Gasteiger partial charge is 0.423 e.